The number of nitrogens with zero attached hydrogens (tertiary/aromatic N) is 1. The van der Waals surface area contributed by atoms with Crippen LogP contribution in [0.2, 0.25) is 0 Å². The van der Waals surface area contributed by atoms with E-state index in [2.05, 4.69) is 6.92 Å². The molecule has 31 heavy (non-hydrogen) atoms. The van der Waals surface area contributed by atoms with E-state index in [0.29, 0.717) is 12.8 Å². The summed E-state index contributed by atoms with van der Waals surface area (Å²) in [6, 6.07) is -1.32. The first-order valence-electron chi connectivity index (χ1n) is 11.6. The molecule has 3 atom stereocenters. The second-order valence-corrected chi connectivity index (χ2v) is 8.74. The van der Waals surface area contributed by atoms with Crippen LogP contribution in [0.25, 0.3) is 0 Å². The van der Waals surface area contributed by atoms with Gasteiger partial charge in [-0.1, -0.05) is 64.7 Å². The highest BCUT2D eigenvalue weighted by atomic mass is 16.5. The summed E-state index contributed by atoms with van der Waals surface area (Å²) < 4.78 is 4.77. The lowest BCUT2D eigenvalue weighted by atomic mass is 9.67. The molecule has 0 spiro atoms. The van der Waals surface area contributed by atoms with Crippen LogP contribution < -0.4 is 5.73 Å². The lowest BCUT2D eigenvalue weighted by molar-refractivity contribution is -0.165. The van der Waals surface area contributed by atoms with Crippen LogP contribution in [0.1, 0.15) is 90.4 Å². The maximum absolute atomic E-state index is 13.2. The lowest BCUT2D eigenvalue weighted by Crippen LogP contribution is -2.71. The van der Waals surface area contributed by atoms with E-state index in [-0.39, 0.29) is 25.0 Å². The Morgan fingerprint density at radius 1 is 0.968 bits per heavy atom. The van der Waals surface area contributed by atoms with Crippen LogP contribution in [0.5, 0.6) is 0 Å². The number of ketones is 2. The van der Waals surface area contributed by atoms with E-state index in [9.17, 15) is 24.0 Å². The number of imide groups is 1. The van der Waals surface area contributed by atoms with Crippen molar-refractivity contribution in [3.63, 3.8) is 0 Å². The molecule has 0 aromatic heterocycles. The molecule has 0 radical (unpaired) electrons. The summed E-state index contributed by atoms with van der Waals surface area (Å²) in [6.07, 6.45) is 9.86. The maximum Gasteiger partial charge on any atom is 0.334 e. The molecular formula is C23H36N2O6. The number of ether oxygens (including phenoxy) is 1. The van der Waals surface area contributed by atoms with E-state index < -0.39 is 41.1 Å². The quantitative estimate of drug-likeness (QED) is 0.216. The minimum absolute atomic E-state index is 0.00548. The van der Waals surface area contributed by atoms with Crippen LogP contribution in [0.4, 0.5) is 0 Å². The van der Waals surface area contributed by atoms with E-state index in [1.54, 1.807) is 0 Å². The Morgan fingerprint density at radius 2 is 1.48 bits per heavy atom. The molecule has 8 nitrogen and oxygen atoms in total. The summed E-state index contributed by atoms with van der Waals surface area (Å²) in [4.78, 5) is 63.7. The molecule has 1 saturated carbocycles. The van der Waals surface area contributed by atoms with Gasteiger partial charge in [-0.05, 0) is 6.42 Å². The largest absolute Gasteiger partial charge is 0.467 e. The molecule has 2 N–H and O–H groups in total. The molecule has 2 amide bonds. The summed E-state index contributed by atoms with van der Waals surface area (Å²) in [7, 11) is 1.11. The predicted molar refractivity (Wildman–Crippen MR) is 114 cm³/mol. The Balaban J connectivity index is 2.00. The predicted octanol–water partition coefficient (Wildman–Crippen LogP) is 2.45. The molecule has 1 heterocycles. The summed E-state index contributed by atoms with van der Waals surface area (Å²) in [5.74, 6) is -4.16. The van der Waals surface area contributed by atoms with Crippen LogP contribution in [0.3, 0.4) is 0 Å². The number of methoxy groups -OCH3 is 1. The summed E-state index contributed by atoms with van der Waals surface area (Å²) in [5.41, 5.74) is 4.09. The number of unbranched alkanes of at least 4 members (excludes halogenated alkanes) is 8. The van der Waals surface area contributed by atoms with Crippen LogP contribution in [0, 0.1) is 5.92 Å². The van der Waals surface area contributed by atoms with Crippen molar-refractivity contribution in [2.75, 3.05) is 7.11 Å². The molecule has 8 heteroatoms. The molecule has 2 fully saturated rings. The molecule has 0 aromatic carbocycles. The normalized spacial score (nSPS) is 26.6. The number of esters is 1. The Hall–Kier alpha value is -2.09. The molecule has 1 aliphatic heterocycles. The number of amides is 2. The van der Waals surface area contributed by atoms with E-state index in [1.165, 1.54) is 32.1 Å². The molecular weight excluding hydrogens is 400 g/mol. The Kier molecular flexibility index (Phi) is 9.34. The van der Waals surface area contributed by atoms with Crippen molar-refractivity contribution in [1.82, 2.24) is 4.90 Å². The lowest BCUT2D eigenvalue weighted by Gasteiger charge is -2.41. The fourth-order valence-electron chi connectivity index (χ4n) is 4.74. The molecule has 3 unspecified atom stereocenters. The number of nitrogens with two attached hydrogens (primary N) is 1. The number of carbonyl (C=O) groups is 5. The van der Waals surface area contributed by atoms with Gasteiger partial charge in [0.05, 0.1) is 13.0 Å². The minimum atomic E-state index is -2.17. The standard InChI is InChI=1S/C23H36N2O6/c1-3-4-5-6-7-8-9-10-11-12-16-18(26)15-17(25-19(27)13-14-20(25)28)21(29)23(16,24)22(30)31-2/h16-17H,3-15,24H2,1-2H3. The van der Waals surface area contributed by atoms with Crippen molar-refractivity contribution in [2.24, 2.45) is 11.7 Å². The first-order chi connectivity index (χ1) is 14.8. The van der Waals surface area contributed by atoms with E-state index in [0.717, 1.165) is 31.3 Å². The average Bonchev–Trinajstić information content (AvgIpc) is 3.08. The van der Waals surface area contributed by atoms with Crippen LogP contribution in [-0.2, 0) is 28.7 Å². The fraction of sp³-hybridized carbons (Fsp3) is 0.783. The average molecular weight is 437 g/mol. The van der Waals surface area contributed by atoms with Gasteiger partial charge in [-0.3, -0.25) is 24.1 Å². The third-order valence-electron chi connectivity index (χ3n) is 6.56. The van der Waals surface area contributed by atoms with Crippen molar-refractivity contribution in [2.45, 2.75) is 102 Å². The number of Topliss-reactive ketones (excluding diaryl/α,β-unsaturated/α-hetero) is 2. The van der Waals surface area contributed by atoms with Gasteiger partial charge in [0, 0.05) is 19.3 Å². The van der Waals surface area contributed by atoms with Crippen LogP contribution in [0.15, 0.2) is 0 Å². The first kappa shape index (κ1) is 25.2. The number of hydrogen-bond donors (Lipinski definition) is 1. The maximum atomic E-state index is 13.2. The molecule has 1 aliphatic carbocycles. The van der Waals surface area contributed by atoms with Gasteiger partial charge in [-0.2, -0.15) is 0 Å². The zero-order chi connectivity index (χ0) is 23.0. The van der Waals surface area contributed by atoms with Gasteiger partial charge < -0.3 is 10.5 Å². The number of likely N-dealkylation sites (tertiary alicyclic amines) is 1. The molecule has 0 bridgehead atoms. The Morgan fingerprint density at radius 3 is 2.00 bits per heavy atom. The van der Waals surface area contributed by atoms with Crippen molar-refractivity contribution in [3.8, 4) is 0 Å². The second-order valence-electron chi connectivity index (χ2n) is 8.74. The molecule has 0 aromatic rings. The smallest absolute Gasteiger partial charge is 0.334 e. The molecule has 174 valence electrons. The summed E-state index contributed by atoms with van der Waals surface area (Å²) in [6.45, 7) is 2.19. The van der Waals surface area contributed by atoms with Gasteiger partial charge in [-0.25, -0.2) is 4.79 Å². The van der Waals surface area contributed by atoms with Gasteiger partial charge >= 0.3 is 5.97 Å². The number of rotatable bonds is 12. The zero-order valence-electron chi connectivity index (χ0n) is 18.8. The van der Waals surface area contributed by atoms with E-state index in [4.69, 9.17) is 10.5 Å². The third-order valence-corrected chi connectivity index (χ3v) is 6.56. The van der Waals surface area contributed by atoms with Gasteiger partial charge in [-0.15, -0.1) is 0 Å². The van der Waals surface area contributed by atoms with Crippen molar-refractivity contribution in [1.29, 1.82) is 0 Å². The molecule has 2 rings (SSSR count). The SMILES string of the molecule is CCCCCCCCCCCC1C(=O)CC(N2C(=O)CCC2=O)C(=O)C1(N)C(=O)OC. The fourth-order valence-corrected chi connectivity index (χ4v) is 4.74. The first-order valence-corrected chi connectivity index (χ1v) is 11.6. The van der Waals surface area contributed by atoms with Gasteiger partial charge in [0.15, 0.2) is 11.3 Å². The minimum Gasteiger partial charge on any atom is -0.467 e. The van der Waals surface area contributed by atoms with Crippen LogP contribution in [-0.4, -0.2) is 52.9 Å². The number of hydrogen-bond acceptors (Lipinski definition) is 7. The van der Waals surface area contributed by atoms with Crippen molar-refractivity contribution in [3.05, 3.63) is 0 Å². The van der Waals surface area contributed by atoms with Crippen molar-refractivity contribution >= 4 is 29.4 Å². The van der Waals surface area contributed by atoms with Gasteiger partial charge in [0.25, 0.3) is 0 Å². The van der Waals surface area contributed by atoms with E-state index in [1.807, 2.05) is 0 Å². The summed E-state index contributed by atoms with van der Waals surface area (Å²) >= 11 is 0. The zero-order valence-corrected chi connectivity index (χ0v) is 18.8. The highest BCUT2D eigenvalue weighted by Gasteiger charge is 2.60. The topological polar surface area (TPSA) is 124 Å². The van der Waals surface area contributed by atoms with E-state index >= 15 is 0 Å². The van der Waals surface area contributed by atoms with Gasteiger partial charge in [0.1, 0.15) is 11.8 Å². The highest BCUT2D eigenvalue weighted by Crippen LogP contribution is 2.35. The number of carbonyl (C=O) groups excluding carboxylic acids is 5. The van der Waals surface area contributed by atoms with Gasteiger partial charge in [0.2, 0.25) is 11.8 Å². The Labute approximate surface area is 184 Å². The molecule has 1 saturated heterocycles. The summed E-state index contributed by atoms with van der Waals surface area (Å²) in [5, 5.41) is 0. The second kappa shape index (κ2) is 11.5. The highest BCUT2D eigenvalue weighted by molar-refractivity contribution is 6.20. The Bertz CT molecular complexity index is 690. The molecule has 2 aliphatic rings. The third kappa shape index (κ3) is 5.59. The van der Waals surface area contributed by atoms with Crippen molar-refractivity contribution < 1.29 is 28.7 Å². The monoisotopic (exact) mass is 436 g/mol. The van der Waals surface area contributed by atoms with Crippen LogP contribution >= 0.6 is 0 Å².